The first-order chi connectivity index (χ1) is 11.7. The lowest BCUT2D eigenvalue weighted by Gasteiger charge is -2.02. The van der Waals surface area contributed by atoms with Crippen LogP contribution in [0.4, 0.5) is 9.93 Å². The Hall–Kier alpha value is -2.93. The first-order valence-electron chi connectivity index (χ1n) is 7.61. The topological polar surface area (TPSA) is 71.3 Å². The number of hydrogen-bond acceptors (Lipinski definition) is 4. The summed E-state index contributed by atoms with van der Waals surface area (Å²) in [7, 11) is 0. The SMILES string of the molecule is CCNC(=O)Nc1nc2cc(-c3ccc4nccn4c3)ccc2s1. The Morgan fingerprint density at radius 3 is 3.00 bits per heavy atom. The Labute approximate surface area is 142 Å². The molecule has 0 aliphatic rings. The molecule has 7 heteroatoms. The summed E-state index contributed by atoms with van der Waals surface area (Å²) in [6, 6.07) is 9.93. The predicted octanol–water partition coefficient (Wildman–Crippen LogP) is 3.75. The molecule has 0 saturated carbocycles. The van der Waals surface area contributed by atoms with E-state index in [1.165, 1.54) is 11.3 Å². The lowest BCUT2D eigenvalue weighted by Crippen LogP contribution is -2.28. The molecular formula is C17H15N5OS. The number of nitrogens with one attached hydrogen (secondary N) is 2. The summed E-state index contributed by atoms with van der Waals surface area (Å²) >= 11 is 1.46. The minimum atomic E-state index is -0.234. The van der Waals surface area contributed by atoms with Crippen LogP contribution in [0.25, 0.3) is 27.0 Å². The summed E-state index contributed by atoms with van der Waals surface area (Å²) in [4.78, 5) is 20.4. The number of carbonyl (C=O) groups excluding carboxylic acids is 1. The number of anilines is 1. The lowest BCUT2D eigenvalue weighted by atomic mass is 10.1. The van der Waals surface area contributed by atoms with E-state index in [0.29, 0.717) is 11.7 Å². The molecular weight excluding hydrogens is 322 g/mol. The van der Waals surface area contributed by atoms with Gasteiger partial charge < -0.3 is 9.72 Å². The molecule has 0 aliphatic heterocycles. The highest BCUT2D eigenvalue weighted by Crippen LogP contribution is 2.30. The smallest absolute Gasteiger partial charge is 0.321 e. The van der Waals surface area contributed by atoms with Gasteiger partial charge in [0.05, 0.1) is 10.2 Å². The van der Waals surface area contributed by atoms with Crippen LogP contribution < -0.4 is 10.6 Å². The molecule has 0 radical (unpaired) electrons. The van der Waals surface area contributed by atoms with E-state index in [0.717, 1.165) is 27.0 Å². The number of carbonyl (C=O) groups is 1. The maximum Gasteiger partial charge on any atom is 0.321 e. The van der Waals surface area contributed by atoms with E-state index in [9.17, 15) is 4.79 Å². The molecule has 2 amide bonds. The molecule has 2 N–H and O–H groups in total. The summed E-state index contributed by atoms with van der Waals surface area (Å²) in [6.45, 7) is 2.46. The molecule has 24 heavy (non-hydrogen) atoms. The number of nitrogens with zero attached hydrogens (tertiary/aromatic N) is 3. The number of fused-ring (bicyclic) bond motifs is 2. The van der Waals surface area contributed by atoms with Crippen LogP contribution in [0.15, 0.2) is 48.9 Å². The monoisotopic (exact) mass is 337 g/mol. The first-order valence-corrected chi connectivity index (χ1v) is 8.43. The minimum Gasteiger partial charge on any atom is -0.338 e. The Balaban J connectivity index is 1.68. The van der Waals surface area contributed by atoms with Gasteiger partial charge in [0, 0.05) is 25.1 Å². The average Bonchev–Trinajstić information content (AvgIpc) is 3.19. The number of hydrogen-bond donors (Lipinski definition) is 2. The molecule has 0 saturated heterocycles. The zero-order valence-electron chi connectivity index (χ0n) is 13.0. The standard InChI is InChI=1S/C17H15N5OS/c1-2-18-16(23)21-17-20-13-9-11(3-5-14(13)24-17)12-4-6-15-19-7-8-22(15)10-12/h3-10H,2H2,1H3,(H2,18,20,21,23). The van der Waals surface area contributed by atoms with Crippen molar-refractivity contribution in [1.82, 2.24) is 19.7 Å². The second-order valence-corrected chi connectivity index (χ2v) is 6.33. The van der Waals surface area contributed by atoms with Gasteiger partial charge in [-0.2, -0.15) is 0 Å². The Kier molecular flexibility index (Phi) is 3.62. The molecule has 3 heterocycles. The summed E-state index contributed by atoms with van der Waals surface area (Å²) in [5.74, 6) is 0. The third kappa shape index (κ3) is 2.69. The van der Waals surface area contributed by atoms with Crippen molar-refractivity contribution in [3.05, 3.63) is 48.9 Å². The fourth-order valence-electron chi connectivity index (χ4n) is 2.55. The Morgan fingerprint density at radius 1 is 1.25 bits per heavy atom. The van der Waals surface area contributed by atoms with Gasteiger partial charge in [-0.1, -0.05) is 17.4 Å². The zero-order chi connectivity index (χ0) is 16.5. The normalized spacial score (nSPS) is 11.0. The van der Waals surface area contributed by atoms with Gasteiger partial charge in [-0.3, -0.25) is 5.32 Å². The molecule has 0 aliphatic carbocycles. The number of amides is 2. The first kappa shape index (κ1) is 14.6. The van der Waals surface area contributed by atoms with Crippen LogP contribution in [0.5, 0.6) is 0 Å². The van der Waals surface area contributed by atoms with E-state index < -0.39 is 0 Å². The van der Waals surface area contributed by atoms with E-state index in [1.54, 1.807) is 6.20 Å². The molecule has 4 aromatic rings. The van der Waals surface area contributed by atoms with Gasteiger partial charge in [-0.05, 0) is 42.3 Å². The zero-order valence-corrected chi connectivity index (χ0v) is 13.8. The van der Waals surface area contributed by atoms with Crippen molar-refractivity contribution in [2.75, 3.05) is 11.9 Å². The van der Waals surface area contributed by atoms with Crippen molar-refractivity contribution >= 4 is 38.4 Å². The molecule has 0 unspecified atom stereocenters. The second-order valence-electron chi connectivity index (χ2n) is 5.30. The third-order valence-electron chi connectivity index (χ3n) is 3.67. The summed E-state index contributed by atoms with van der Waals surface area (Å²) in [6.07, 6.45) is 5.75. The molecule has 3 aromatic heterocycles. The van der Waals surface area contributed by atoms with Crippen molar-refractivity contribution in [3.8, 4) is 11.1 Å². The summed E-state index contributed by atoms with van der Waals surface area (Å²) in [5, 5.41) is 6.05. The fraction of sp³-hybridized carbons (Fsp3) is 0.118. The number of imidazole rings is 1. The Bertz CT molecular complexity index is 1040. The molecule has 0 bridgehead atoms. The van der Waals surface area contributed by atoms with E-state index in [2.05, 4.69) is 26.7 Å². The maximum atomic E-state index is 11.6. The highest BCUT2D eigenvalue weighted by atomic mass is 32.1. The minimum absolute atomic E-state index is 0.234. The van der Waals surface area contributed by atoms with Gasteiger partial charge in [0.1, 0.15) is 5.65 Å². The van der Waals surface area contributed by atoms with Crippen LogP contribution in [-0.2, 0) is 0 Å². The van der Waals surface area contributed by atoms with Gasteiger partial charge >= 0.3 is 6.03 Å². The lowest BCUT2D eigenvalue weighted by molar-refractivity contribution is 0.252. The summed E-state index contributed by atoms with van der Waals surface area (Å²) in [5.41, 5.74) is 3.96. The average molecular weight is 337 g/mol. The van der Waals surface area contributed by atoms with Crippen LogP contribution in [0.2, 0.25) is 0 Å². The Morgan fingerprint density at radius 2 is 2.12 bits per heavy atom. The van der Waals surface area contributed by atoms with Crippen molar-refractivity contribution in [2.45, 2.75) is 6.92 Å². The predicted molar refractivity (Wildman–Crippen MR) is 96.5 cm³/mol. The van der Waals surface area contributed by atoms with Crippen molar-refractivity contribution < 1.29 is 4.79 Å². The van der Waals surface area contributed by atoms with Crippen LogP contribution in [0.3, 0.4) is 0 Å². The number of aromatic nitrogens is 3. The largest absolute Gasteiger partial charge is 0.338 e. The fourth-order valence-corrected chi connectivity index (χ4v) is 3.39. The summed E-state index contributed by atoms with van der Waals surface area (Å²) < 4.78 is 3.03. The van der Waals surface area contributed by atoms with Crippen LogP contribution >= 0.6 is 11.3 Å². The van der Waals surface area contributed by atoms with Gasteiger partial charge in [0.2, 0.25) is 0 Å². The molecule has 1 aromatic carbocycles. The van der Waals surface area contributed by atoms with Crippen molar-refractivity contribution in [2.24, 2.45) is 0 Å². The number of rotatable bonds is 3. The molecule has 0 spiro atoms. The molecule has 0 fully saturated rings. The van der Waals surface area contributed by atoms with E-state index in [1.807, 2.05) is 48.0 Å². The molecule has 6 nitrogen and oxygen atoms in total. The highest BCUT2D eigenvalue weighted by Gasteiger charge is 2.08. The van der Waals surface area contributed by atoms with Gasteiger partial charge in [0.15, 0.2) is 5.13 Å². The maximum absolute atomic E-state index is 11.6. The van der Waals surface area contributed by atoms with E-state index in [4.69, 9.17) is 0 Å². The van der Waals surface area contributed by atoms with Crippen molar-refractivity contribution in [3.63, 3.8) is 0 Å². The number of urea groups is 1. The highest BCUT2D eigenvalue weighted by molar-refractivity contribution is 7.22. The number of pyridine rings is 1. The van der Waals surface area contributed by atoms with E-state index >= 15 is 0 Å². The van der Waals surface area contributed by atoms with E-state index in [-0.39, 0.29) is 6.03 Å². The van der Waals surface area contributed by atoms with Crippen molar-refractivity contribution in [1.29, 1.82) is 0 Å². The number of thiazole rings is 1. The molecule has 120 valence electrons. The van der Waals surface area contributed by atoms with Crippen LogP contribution in [0.1, 0.15) is 6.92 Å². The van der Waals surface area contributed by atoms with Gasteiger partial charge in [-0.15, -0.1) is 0 Å². The van der Waals surface area contributed by atoms with Crippen LogP contribution in [-0.4, -0.2) is 26.9 Å². The van der Waals surface area contributed by atoms with Gasteiger partial charge in [-0.25, -0.2) is 14.8 Å². The van der Waals surface area contributed by atoms with Crippen LogP contribution in [0, 0.1) is 0 Å². The molecule has 0 atom stereocenters. The molecule has 4 rings (SSSR count). The number of benzene rings is 1. The third-order valence-corrected chi connectivity index (χ3v) is 4.62. The second kappa shape index (κ2) is 5.93. The quantitative estimate of drug-likeness (QED) is 0.598. The van der Waals surface area contributed by atoms with Gasteiger partial charge in [0.25, 0.3) is 0 Å².